The van der Waals surface area contributed by atoms with E-state index in [4.69, 9.17) is 0 Å². The molecule has 0 aromatic heterocycles. The lowest BCUT2D eigenvalue weighted by Gasteiger charge is -2.30. The molecule has 1 aromatic carbocycles. The van der Waals surface area contributed by atoms with Crippen LogP contribution in [0.5, 0.6) is 0 Å². The van der Waals surface area contributed by atoms with Gasteiger partial charge in [-0.1, -0.05) is 51.1 Å². The first-order valence-electron chi connectivity index (χ1n) is 6.22. The molecule has 1 aliphatic rings. The lowest BCUT2D eigenvalue weighted by molar-refractivity contribution is -0.145. The van der Waals surface area contributed by atoms with Gasteiger partial charge in [-0.05, 0) is 29.2 Å². The van der Waals surface area contributed by atoms with Gasteiger partial charge in [-0.15, -0.1) is 0 Å². The van der Waals surface area contributed by atoms with Crippen LogP contribution in [0.1, 0.15) is 38.7 Å². The van der Waals surface area contributed by atoms with Crippen molar-refractivity contribution in [3.05, 3.63) is 35.9 Å². The van der Waals surface area contributed by atoms with Gasteiger partial charge in [0.1, 0.15) is 0 Å². The van der Waals surface area contributed by atoms with Crippen molar-refractivity contribution in [1.82, 2.24) is 0 Å². The van der Waals surface area contributed by atoms with Crippen molar-refractivity contribution in [3.63, 3.8) is 0 Å². The maximum Gasteiger partial charge on any atom is 0.307 e. The Labute approximate surface area is 103 Å². The molecule has 1 N–H and O–H groups in total. The molecular formula is C15H20O2. The fourth-order valence-corrected chi connectivity index (χ4v) is 3.14. The predicted molar refractivity (Wildman–Crippen MR) is 67.9 cm³/mol. The van der Waals surface area contributed by atoms with Crippen LogP contribution >= 0.6 is 0 Å². The van der Waals surface area contributed by atoms with Crippen LogP contribution in [-0.4, -0.2) is 11.1 Å². The minimum absolute atomic E-state index is 0.133. The van der Waals surface area contributed by atoms with Crippen molar-refractivity contribution in [3.8, 4) is 0 Å². The first-order valence-corrected chi connectivity index (χ1v) is 6.22. The fourth-order valence-electron chi connectivity index (χ4n) is 3.14. The number of carbonyl (C=O) groups is 1. The molecular weight excluding hydrogens is 212 g/mol. The Balaban J connectivity index is 2.32. The Kier molecular flexibility index (Phi) is 2.98. The summed E-state index contributed by atoms with van der Waals surface area (Å²) in [5.74, 6) is -0.124. The van der Waals surface area contributed by atoms with Gasteiger partial charge in [0.15, 0.2) is 0 Å². The minimum Gasteiger partial charge on any atom is -0.481 e. The molecule has 1 aromatic rings. The van der Waals surface area contributed by atoms with E-state index in [1.807, 2.05) is 18.2 Å². The van der Waals surface area contributed by atoms with E-state index in [0.29, 0.717) is 11.8 Å². The zero-order chi connectivity index (χ0) is 12.6. The Morgan fingerprint density at radius 1 is 1.29 bits per heavy atom. The Morgan fingerprint density at radius 2 is 1.88 bits per heavy atom. The average molecular weight is 232 g/mol. The van der Waals surface area contributed by atoms with Crippen molar-refractivity contribution in [1.29, 1.82) is 0 Å². The number of carboxylic acid groups (broad SMARTS) is 1. The van der Waals surface area contributed by atoms with E-state index in [0.717, 1.165) is 6.42 Å². The second-order valence-corrected chi connectivity index (χ2v) is 5.75. The highest BCUT2D eigenvalue weighted by Gasteiger charge is 2.50. The van der Waals surface area contributed by atoms with Gasteiger partial charge in [-0.25, -0.2) is 0 Å². The minimum atomic E-state index is -0.653. The Bertz CT molecular complexity index is 408. The summed E-state index contributed by atoms with van der Waals surface area (Å²) in [5.41, 5.74) is 1.14. The molecule has 3 atom stereocenters. The highest BCUT2D eigenvalue weighted by atomic mass is 16.4. The van der Waals surface area contributed by atoms with Crippen LogP contribution in [0.15, 0.2) is 30.3 Å². The van der Waals surface area contributed by atoms with Gasteiger partial charge < -0.3 is 5.11 Å². The van der Waals surface area contributed by atoms with E-state index < -0.39 is 5.97 Å². The largest absolute Gasteiger partial charge is 0.481 e. The third-order valence-corrected chi connectivity index (χ3v) is 4.69. The number of aliphatic carboxylic acids is 1. The van der Waals surface area contributed by atoms with E-state index >= 15 is 0 Å². The molecule has 2 nitrogen and oxygen atoms in total. The SMILES string of the molecule is C[C@H]1[C@H](c2ccccc2)C[C@H](C(=O)O)C1(C)C. The molecule has 1 fully saturated rings. The highest BCUT2D eigenvalue weighted by molar-refractivity contribution is 5.72. The van der Waals surface area contributed by atoms with Crippen LogP contribution in [0, 0.1) is 17.3 Å². The number of hydrogen-bond acceptors (Lipinski definition) is 1. The summed E-state index contributed by atoms with van der Waals surface area (Å²) in [6, 6.07) is 10.3. The van der Waals surface area contributed by atoms with Crippen molar-refractivity contribution in [2.45, 2.75) is 33.1 Å². The number of rotatable bonds is 2. The van der Waals surface area contributed by atoms with E-state index in [1.165, 1.54) is 5.56 Å². The predicted octanol–water partition coefficient (Wildman–Crippen LogP) is 3.54. The van der Waals surface area contributed by atoms with Crippen LogP contribution in [0.2, 0.25) is 0 Å². The Hall–Kier alpha value is -1.31. The van der Waals surface area contributed by atoms with Gasteiger partial charge in [-0.3, -0.25) is 4.79 Å². The quantitative estimate of drug-likeness (QED) is 0.846. The molecule has 0 unspecified atom stereocenters. The average Bonchev–Trinajstić information content (AvgIpc) is 2.52. The standard InChI is InChI=1S/C15H20O2/c1-10-12(11-7-5-4-6-8-11)9-13(14(16)17)15(10,2)3/h4-8,10,12-13H,9H2,1-3H3,(H,16,17)/t10-,12+,13+/m0/s1. The summed E-state index contributed by atoms with van der Waals surface area (Å²) in [6.07, 6.45) is 0.757. The second kappa shape index (κ2) is 4.17. The van der Waals surface area contributed by atoms with Crippen molar-refractivity contribution >= 4 is 5.97 Å². The van der Waals surface area contributed by atoms with E-state index in [9.17, 15) is 9.90 Å². The molecule has 0 bridgehead atoms. The smallest absolute Gasteiger partial charge is 0.307 e. The molecule has 2 rings (SSSR count). The molecule has 0 amide bonds. The zero-order valence-electron chi connectivity index (χ0n) is 10.7. The van der Waals surface area contributed by atoms with Crippen LogP contribution < -0.4 is 0 Å². The molecule has 1 aliphatic carbocycles. The van der Waals surface area contributed by atoms with Crippen LogP contribution in [0.4, 0.5) is 0 Å². The summed E-state index contributed by atoms with van der Waals surface area (Å²) < 4.78 is 0. The molecule has 0 saturated heterocycles. The molecule has 0 heterocycles. The van der Waals surface area contributed by atoms with Gasteiger partial charge in [0, 0.05) is 0 Å². The van der Waals surface area contributed by atoms with E-state index in [-0.39, 0.29) is 11.3 Å². The molecule has 1 saturated carbocycles. The van der Waals surface area contributed by atoms with Gasteiger partial charge in [-0.2, -0.15) is 0 Å². The van der Waals surface area contributed by atoms with Gasteiger partial charge >= 0.3 is 5.97 Å². The Morgan fingerprint density at radius 3 is 2.35 bits per heavy atom. The highest BCUT2D eigenvalue weighted by Crippen LogP contribution is 2.54. The normalized spacial score (nSPS) is 31.4. The maximum absolute atomic E-state index is 11.3. The summed E-state index contributed by atoms with van der Waals surface area (Å²) in [7, 11) is 0. The van der Waals surface area contributed by atoms with E-state index in [1.54, 1.807) is 0 Å². The second-order valence-electron chi connectivity index (χ2n) is 5.75. The van der Waals surface area contributed by atoms with Crippen molar-refractivity contribution in [2.24, 2.45) is 17.3 Å². The first kappa shape index (κ1) is 12.2. The monoisotopic (exact) mass is 232 g/mol. The number of benzene rings is 1. The molecule has 92 valence electrons. The molecule has 0 radical (unpaired) electrons. The van der Waals surface area contributed by atoms with Gasteiger partial charge in [0.2, 0.25) is 0 Å². The fraction of sp³-hybridized carbons (Fsp3) is 0.533. The third kappa shape index (κ3) is 1.97. The molecule has 17 heavy (non-hydrogen) atoms. The topological polar surface area (TPSA) is 37.3 Å². The number of hydrogen-bond donors (Lipinski definition) is 1. The lowest BCUT2D eigenvalue weighted by Crippen LogP contribution is -2.29. The molecule has 0 spiro atoms. The van der Waals surface area contributed by atoms with Crippen LogP contribution in [0.3, 0.4) is 0 Å². The van der Waals surface area contributed by atoms with E-state index in [2.05, 4.69) is 32.9 Å². The summed E-state index contributed by atoms with van der Waals surface area (Å²) in [6.45, 7) is 6.35. The summed E-state index contributed by atoms with van der Waals surface area (Å²) in [4.78, 5) is 11.3. The van der Waals surface area contributed by atoms with Crippen LogP contribution in [0.25, 0.3) is 0 Å². The lowest BCUT2D eigenvalue weighted by atomic mass is 9.74. The molecule has 2 heteroatoms. The van der Waals surface area contributed by atoms with Gasteiger partial charge in [0.05, 0.1) is 5.92 Å². The maximum atomic E-state index is 11.3. The summed E-state index contributed by atoms with van der Waals surface area (Å²) in [5, 5.41) is 9.33. The number of carboxylic acids is 1. The van der Waals surface area contributed by atoms with Crippen molar-refractivity contribution < 1.29 is 9.90 Å². The van der Waals surface area contributed by atoms with Crippen LogP contribution in [-0.2, 0) is 4.79 Å². The van der Waals surface area contributed by atoms with Gasteiger partial charge in [0.25, 0.3) is 0 Å². The summed E-state index contributed by atoms with van der Waals surface area (Å²) >= 11 is 0. The zero-order valence-corrected chi connectivity index (χ0v) is 10.7. The third-order valence-electron chi connectivity index (χ3n) is 4.69. The first-order chi connectivity index (χ1) is 7.94. The molecule has 0 aliphatic heterocycles. The van der Waals surface area contributed by atoms with Crippen molar-refractivity contribution in [2.75, 3.05) is 0 Å².